The van der Waals surface area contributed by atoms with Gasteiger partial charge in [-0.1, -0.05) is 0 Å². The molecule has 1 unspecified atom stereocenters. The number of likely N-dealkylation sites (tertiary alicyclic amines) is 1. The average Bonchev–Trinajstić information content (AvgIpc) is 3.06. The second kappa shape index (κ2) is 6.52. The van der Waals surface area contributed by atoms with Crippen molar-refractivity contribution in [1.82, 2.24) is 4.90 Å². The molecule has 0 aliphatic carbocycles. The normalized spacial score (nSPS) is 20.8. The van der Waals surface area contributed by atoms with E-state index in [0.29, 0.717) is 11.7 Å². The zero-order valence-electron chi connectivity index (χ0n) is 11.6. The fourth-order valence-corrected chi connectivity index (χ4v) is 2.78. The van der Waals surface area contributed by atoms with Crippen LogP contribution < -0.4 is 19.9 Å². The molecule has 2 aliphatic heterocycles. The second-order valence-electron chi connectivity index (χ2n) is 5.16. The van der Waals surface area contributed by atoms with Crippen molar-refractivity contribution in [3.8, 4) is 17.2 Å². The Bertz CT molecular complexity index is 470. The number of hydrogen-bond donors (Lipinski definition) is 1. The lowest BCUT2D eigenvalue weighted by molar-refractivity contribution is 0.171. The summed E-state index contributed by atoms with van der Waals surface area (Å²) in [4.78, 5) is 2.43. The highest BCUT2D eigenvalue weighted by molar-refractivity contribution is 5.85. The number of nitrogens with two attached hydrogens (primary N) is 1. The van der Waals surface area contributed by atoms with Crippen molar-refractivity contribution >= 4 is 12.4 Å². The molecule has 0 saturated carbocycles. The van der Waals surface area contributed by atoms with Crippen molar-refractivity contribution in [2.45, 2.75) is 13.0 Å². The Labute approximate surface area is 125 Å². The smallest absolute Gasteiger partial charge is 0.231 e. The molecule has 1 fully saturated rings. The van der Waals surface area contributed by atoms with Crippen molar-refractivity contribution in [2.75, 3.05) is 33.5 Å². The molecule has 1 saturated heterocycles. The molecule has 1 aromatic carbocycles. The van der Waals surface area contributed by atoms with Gasteiger partial charge in [0.1, 0.15) is 0 Å². The van der Waals surface area contributed by atoms with Gasteiger partial charge in [0.05, 0.1) is 7.11 Å². The number of methoxy groups -OCH3 is 1. The zero-order chi connectivity index (χ0) is 13.2. The Kier molecular flexibility index (Phi) is 4.96. The minimum absolute atomic E-state index is 0. The molecule has 0 bridgehead atoms. The maximum Gasteiger partial charge on any atom is 0.231 e. The van der Waals surface area contributed by atoms with Crippen LogP contribution in [0.2, 0.25) is 0 Å². The maximum absolute atomic E-state index is 5.73. The standard InChI is InChI=1S/C14H20N2O3.ClH/c1-17-12-4-11(5-13-14(12)19-9-18-13)8-16-3-2-10(6-15)7-16;/h4-5,10H,2-3,6-9,15H2,1H3;1H. The number of benzene rings is 1. The summed E-state index contributed by atoms with van der Waals surface area (Å²) in [6, 6.07) is 4.07. The summed E-state index contributed by atoms with van der Waals surface area (Å²) in [7, 11) is 1.65. The van der Waals surface area contributed by atoms with Crippen LogP contribution in [-0.2, 0) is 6.54 Å². The van der Waals surface area contributed by atoms with E-state index in [1.807, 2.05) is 12.1 Å². The topological polar surface area (TPSA) is 57.0 Å². The van der Waals surface area contributed by atoms with Gasteiger partial charge in [0.25, 0.3) is 0 Å². The SMILES string of the molecule is COc1cc(CN2CCC(CN)C2)cc2c1OCO2.Cl. The first-order valence-corrected chi connectivity index (χ1v) is 6.69. The van der Waals surface area contributed by atoms with Crippen molar-refractivity contribution in [1.29, 1.82) is 0 Å². The van der Waals surface area contributed by atoms with Crippen LogP contribution in [0.15, 0.2) is 12.1 Å². The average molecular weight is 301 g/mol. The van der Waals surface area contributed by atoms with Crippen molar-refractivity contribution in [3.63, 3.8) is 0 Å². The van der Waals surface area contributed by atoms with E-state index in [4.69, 9.17) is 19.9 Å². The minimum Gasteiger partial charge on any atom is -0.493 e. The molecular formula is C14H21ClN2O3. The van der Waals surface area contributed by atoms with Crippen LogP contribution in [0.5, 0.6) is 17.2 Å². The van der Waals surface area contributed by atoms with E-state index in [0.717, 1.165) is 37.7 Å². The fraction of sp³-hybridized carbons (Fsp3) is 0.571. The molecule has 2 N–H and O–H groups in total. The van der Waals surface area contributed by atoms with Crippen molar-refractivity contribution in [3.05, 3.63) is 17.7 Å². The van der Waals surface area contributed by atoms with Gasteiger partial charge in [0.2, 0.25) is 12.5 Å². The van der Waals surface area contributed by atoms with E-state index in [9.17, 15) is 0 Å². The van der Waals surface area contributed by atoms with Gasteiger partial charge in [-0.25, -0.2) is 0 Å². The zero-order valence-corrected chi connectivity index (χ0v) is 12.4. The molecule has 0 radical (unpaired) electrons. The summed E-state index contributed by atoms with van der Waals surface area (Å²) in [5.74, 6) is 2.88. The second-order valence-corrected chi connectivity index (χ2v) is 5.16. The first-order chi connectivity index (χ1) is 9.30. The number of ether oxygens (including phenoxy) is 3. The van der Waals surface area contributed by atoms with Gasteiger partial charge in [-0.3, -0.25) is 4.90 Å². The van der Waals surface area contributed by atoms with E-state index in [2.05, 4.69) is 4.90 Å². The van der Waals surface area contributed by atoms with Crippen molar-refractivity contribution < 1.29 is 14.2 Å². The number of halogens is 1. The highest BCUT2D eigenvalue weighted by Gasteiger charge is 2.24. The largest absolute Gasteiger partial charge is 0.493 e. The molecule has 2 aliphatic rings. The van der Waals surface area contributed by atoms with E-state index in [-0.39, 0.29) is 19.2 Å². The van der Waals surface area contributed by atoms with Gasteiger partial charge in [-0.2, -0.15) is 0 Å². The lowest BCUT2D eigenvalue weighted by atomic mass is 10.1. The molecule has 112 valence electrons. The molecule has 0 spiro atoms. The third-order valence-corrected chi connectivity index (χ3v) is 3.83. The Morgan fingerprint density at radius 3 is 2.95 bits per heavy atom. The third kappa shape index (κ3) is 2.95. The minimum atomic E-state index is 0. The molecule has 5 nitrogen and oxygen atoms in total. The molecule has 1 atom stereocenters. The Morgan fingerprint density at radius 2 is 2.25 bits per heavy atom. The monoisotopic (exact) mass is 300 g/mol. The molecule has 0 aromatic heterocycles. The van der Waals surface area contributed by atoms with Crippen LogP contribution in [0.1, 0.15) is 12.0 Å². The first-order valence-electron chi connectivity index (χ1n) is 6.69. The first kappa shape index (κ1) is 15.2. The molecular weight excluding hydrogens is 280 g/mol. The van der Waals surface area contributed by atoms with Gasteiger partial charge in [0.15, 0.2) is 11.5 Å². The molecule has 6 heteroatoms. The molecule has 0 amide bonds. The van der Waals surface area contributed by atoms with Gasteiger partial charge in [-0.15, -0.1) is 12.4 Å². The Balaban J connectivity index is 0.00000147. The van der Waals surface area contributed by atoms with Crippen LogP contribution in [-0.4, -0.2) is 38.4 Å². The number of fused-ring (bicyclic) bond motifs is 1. The summed E-state index contributed by atoms with van der Waals surface area (Å²) >= 11 is 0. The summed E-state index contributed by atoms with van der Waals surface area (Å²) in [6.07, 6.45) is 1.19. The van der Waals surface area contributed by atoms with Crippen LogP contribution in [0, 0.1) is 5.92 Å². The number of hydrogen-bond acceptors (Lipinski definition) is 5. The van der Waals surface area contributed by atoms with Gasteiger partial charge in [0, 0.05) is 13.1 Å². The lowest BCUT2D eigenvalue weighted by Crippen LogP contribution is -2.22. The Morgan fingerprint density at radius 1 is 1.40 bits per heavy atom. The van der Waals surface area contributed by atoms with E-state index in [1.54, 1.807) is 7.11 Å². The quantitative estimate of drug-likeness (QED) is 0.916. The van der Waals surface area contributed by atoms with E-state index in [1.165, 1.54) is 12.0 Å². The molecule has 20 heavy (non-hydrogen) atoms. The van der Waals surface area contributed by atoms with Crippen LogP contribution in [0.4, 0.5) is 0 Å². The fourth-order valence-electron chi connectivity index (χ4n) is 2.78. The van der Waals surface area contributed by atoms with Crippen molar-refractivity contribution in [2.24, 2.45) is 11.7 Å². The highest BCUT2D eigenvalue weighted by Crippen LogP contribution is 2.42. The predicted octanol–water partition coefficient (Wildman–Crippen LogP) is 1.63. The number of rotatable bonds is 4. The highest BCUT2D eigenvalue weighted by atomic mass is 35.5. The van der Waals surface area contributed by atoms with Crippen LogP contribution >= 0.6 is 12.4 Å². The third-order valence-electron chi connectivity index (χ3n) is 3.83. The van der Waals surface area contributed by atoms with Crippen LogP contribution in [0.3, 0.4) is 0 Å². The molecule has 3 rings (SSSR count). The predicted molar refractivity (Wildman–Crippen MR) is 78.8 cm³/mol. The summed E-state index contributed by atoms with van der Waals surface area (Å²) < 4.78 is 16.2. The lowest BCUT2D eigenvalue weighted by Gasteiger charge is -2.16. The summed E-state index contributed by atoms with van der Waals surface area (Å²) in [5.41, 5.74) is 6.92. The molecule has 2 heterocycles. The molecule has 1 aromatic rings. The summed E-state index contributed by atoms with van der Waals surface area (Å²) in [6.45, 7) is 4.14. The Hall–Kier alpha value is -1.17. The van der Waals surface area contributed by atoms with E-state index < -0.39 is 0 Å². The van der Waals surface area contributed by atoms with Gasteiger partial charge >= 0.3 is 0 Å². The van der Waals surface area contributed by atoms with Crippen LogP contribution in [0.25, 0.3) is 0 Å². The van der Waals surface area contributed by atoms with Gasteiger partial charge in [-0.05, 0) is 43.1 Å². The maximum atomic E-state index is 5.73. The van der Waals surface area contributed by atoms with Gasteiger partial charge < -0.3 is 19.9 Å². The number of nitrogens with zero attached hydrogens (tertiary/aromatic N) is 1. The van der Waals surface area contributed by atoms with E-state index >= 15 is 0 Å². The summed E-state index contributed by atoms with van der Waals surface area (Å²) in [5, 5.41) is 0.